The van der Waals surface area contributed by atoms with E-state index in [0.29, 0.717) is 26.8 Å². The molecule has 21 heavy (non-hydrogen) atoms. The van der Waals surface area contributed by atoms with Crippen molar-refractivity contribution in [1.29, 1.82) is 5.26 Å². The van der Waals surface area contributed by atoms with Gasteiger partial charge in [0.1, 0.15) is 17.5 Å². The molecule has 0 bridgehead atoms. The Morgan fingerprint density at radius 3 is 2.76 bits per heavy atom. The molecule has 3 aromatic rings. The average Bonchev–Trinajstić information content (AvgIpc) is 2.83. The van der Waals surface area contributed by atoms with E-state index in [1.807, 2.05) is 12.1 Å². The molecular weight excluding hydrogens is 306 g/mol. The molecule has 104 valence electrons. The van der Waals surface area contributed by atoms with E-state index < -0.39 is 0 Å². The lowest BCUT2D eigenvalue weighted by molar-refractivity contribution is 0.413. The van der Waals surface area contributed by atoms with Crippen molar-refractivity contribution in [2.45, 2.75) is 0 Å². The number of rotatable bonds is 2. The Balaban J connectivity index is 2.48. The number of nitrogens with one attached hydrogen (secondary N) is 1. The Morgan fingerprint density at radius 1 is 1.29 bits per heavy atom. The van der Waals surface area contributed by atoms with Gasteiger partial charge in [0.2, 0.25) is 0 Å². The van der Waals surface area contributed by atoms with Crippen molar-refractivity contribution in [2.75, 3.05) is 7.11 Å². The highest BCUT2D eigenvalue weighted by Gasteiger charge is 2.16. The molecule has 0 saturated heterocycles. The molecule has 1 heterocycles. The maximum atomic E-state index is 9.37. The Morgan fingerprint density at radius 2 is 2.05 bits per heavy atom. The molecular formula is C15H10ClN3OS. The van der Waals surface area contributed by atoms with Crippen molar-refractivity contribution in [3.8, 4) is 17.5 Å². The van der Waals surface area contributed by atoms with Crippen molar-refractivity contribution < 1.29 is 4.74 Å². The molecule has 1 aromatic heterocycles. The number of nitriles is 1. The third-order valence-electron chi connectivity index (χ3n) is 3.23. The number of hydrogen-bond acceptors (Lipinski definition) is 3. The van der Waals surface area contributed by atoms with Crippen LogP contribution in [0, 0.1) is 16.1 Å². The van der Waals surface area contributed by atoms with E-state index in [-0.39, 0.29) is 0 Å². The summed E-state index contributed by atoms with van der Waals surface area (Å²) in [6.45, 7) is 0. The summed E-state index contributed by atoms with van der Waals surface area (Å²) in [6.07, 6.45) is 0. The molecule has 4 nitrogen and oxygen atoms in total. The number of nitrogens with zero attached hydrogens (tertiary/aromatic N) is 2. The normalized spacial score (nSPS) is 10.5. The van der Waals surface area contributed by atoms with Gasteiger partial charge < -0.3 is 9.72 Å². The minimum absolute atomic E-state index is 0.458. The Kier molecular flexibility index (Phi) is 3.42. The summed E-state index contributed by atoms with van der Waals surface area (Å²) in [5.74, 6) is 0.575. The predicted molar refractivity (Wildman–Crippen MR) is 84.7 cm³/mol. The molecule has 3 rings (SSSR count). The number of aromatic amines is 1. The Bertz CT molecular complexity index is 936. The van der Waals surface area contributed by atoms with Crippen LogP contribution in [0.1, 0.15) is 5.56 Å². The van der Waals surface area contributed by atoms with Gasteiger partial charge in [-0.05, 0) is 36.5 Å². The van der Waals surface area contributed by atoms with E-state index in [9.17, 15) is 5.26 Å². The number of halogens is 1. The summed E-state index contributed by atoms with van der Waals surface area (Å²) >= 11 is 11.6. The van der Waals surface area contributed by atoms with Crippen LogP contribution in [-0.2, 0) is 0 Å². The molecule has 0 spiro atoms. The minimum atomic E-state index is 0.458. The topological polar surface area (TPSA) is 53.7 Å². The molecule has 2 aromatic carbocycles. The number of benzene rings is 2. The highest BCUT2D eigenvalue weighted by atomic mass is 35.5. The summed E-state index contributed by atoms with van der Waals surface area (Å²) < 4.78 is 7.61. The summed E-state index contributed by atoms with van der Waals surface area (Å²) in [4.78, 5) is 3.08. The van der Waals surface area contributed by atoms with E-state index in [4.69, 9.17) is 28.6 Å². The molecule has 0 fully saturated rings. The standard InChI is InChI=1S/C15H10ClN3OS/c1-20-12-7-2-4-9(8-17)14(12)19-11-6-3-5-10(16)13(11)18-15(19)21/h2-7H,1H3,(H,18,21). The minimum Gasteiger partial charge on any atom is -0.495 e. The van der Waals surface area contributed by atoms with Crippen molar-refractivity contribution in [2.24, 2.45) is 0 Å². The highest BCUT2D eigenvalue weighted by molar-refractivity contribution is 7.71. The van der Waals surface area contributed by atoms with Crippen LogP contribution in [0.4, 0.5) is 0 Å². The first-order valence-electron chi connectivity index (χ1n) is 6.14. The van der Waals surface area contributed by atoms with E-state index in [1.165, 1.54) is 0 Å². The maximum Gasteiger partial charge on any atom is 0.182 e. The smallest absolute Gasteiger partial charge is 0.182 e. The van der Waals surface area contributed by atoms with Crippen LogP contribution in [-0.4, -0.2) is 16.7 Å². The molecule has 0 saturated carbocycles. The zero-order valence-corrected chi connectivity index (χ0v) is 12.6. The summed E-state index contributed by atoms with van der Waals surface area (Å²) in [5, 5.41) is 9.94. The quantitative estimate of drug-likeness (QED) is 0.720. The third kappa shape index (κ3) is 2.09. The van der Waals surface area contributed by atoms with Gasteiger partial charge in [-0.3, -0.25) is 4.57 Å². The van der Waals surface area contributed by atoms with Gasteiger partial charge >= 0.3 is 0 Å². The van der Waals surface area contributed by atoms with Gasteiger partial charge in [0, 0.05) is 0 Å². The fourth-order valence-corrected chi connectivity index (χ4v) is 2.83. The van der Waals surface area contributed by atoms with Crippen LogP contribution in [0.3, 0.4) is 0 Å². The van der Waals surface area contributed by atoms with Gasteiger partial charge in [-0.25, -0.2) is 0 Å². The number of H-pyrrole nitrogens is 1. The van der Waals surface area contributed by atoms with Gasteiger partial charge in [-0.2, -0.15) is 5.26 Å². The lowest BCUT2D eigenvalue weighted by Crippen LogP contribution is -2.01. The number of ether oxygens (including phenoxy) is 1. The molecule has 0 unspecified atom stereocenters. The van der Waals surface area contributed by atoms with Crippen LogP contribution >= 0.6 is 23.8 Å². The SMILES string of the molecule is COc1cccc(C#N)c1-n1c(=S)[nH]c2c(Cl)cccc21. The second kappa shape index (κ2) is 5.24. The number of aromatic nitrogens is 2. The zero-order valence-electron chi connectivity index (χ0n) is 11.1. The molecule has 0 amide bonds. The monoisotopic (exact) mass is 315 g/mol. The van der Waals surface area contributed by atoms with E-state index in [2.05, 4.69) is 11.1 Å². The summed E-state index contributed by atoms with van der Waals surface area (Å²) in [5.41, 5.74) is 2.62. The molecule has 0 atom stereocenters. The second-order valence-electron chi connectivity index (χ2n) is 4.37. The van der Waals surface area contributed by atoms with Gasteiger partial charge in [0.05, 0.1) is 28.7 Å². The average molecular weight is 316 g/mol. The van der Waals surface area contributed by atoms with Crippen molar-refractivity contribution in [1.82, 2.24) is 9.55 Å². The van der Waals surface area contributed by atoms with Crippen LogP contribution < -0.4 is 4.74 Å². The Labute approximate surface area is 131 Å². The van der Waals surface area contributed by atoms with Gasteiger partial charge in [0.15, 0.2) is 4.77 Å². The van der Waals surface area contributed by atoms with E-state index in [1.54, 1.807) is 35.9 Å². The van der Waals surface area contributed by atoms with Gasteiger partial charge in [-0.1, -0.05) is 23.7 Å². The number of fused-ring (bicyclic) bond motifs is 1. The molecule has 1 N–H and O–H groups in total. The summed E-state index contributed by atoms with van der Waals surface area (Å²) in [7, 11) is 1.56. The predicted octanol–water partition coefficient (Wildman–Crippen LogP) is 4.22. The van der Waals surface area contributed by atoms with Gasteiger partial charge in [-0.15, -0.1) is 0 Å². The molecule has 0 radical (unpaired) electrons. The third-order valence-corrected chi connectivity index (χ3v) is 3.83. The first-order chi connectivity index (χ1) is 10.2. The fraction of sp³-hybridized carbons (Fsp3) is 0.0667. The first-order valence-corrected chi connectivity index (χ1v) is 6.92. The van der Waals surface area contributed by atoms with E-state index >= 15 is 0 Å². The number of methoxy groups -OCH3 is 1. The summed E-state index contributed by atoms with van der Waals surface area (Å²) in [6, 6.07) is 13.0. The Hall–Kier alpha value is -2.29. The largest absolute Gasteiger partial charge is 0.495 e. The number of imidazole rings is 1. The molecule has 0 aliphatic rings. The van der Waals surface area contributed by atoms with Crippen LogP contribution in [0.5, 0.6) is 5.75 Å². The van der Waals surface area contributed by atoms with Crippen molar-refractivity contribution >= 4 is 34.9 Å². The molecule has 0 aliphatic carbocycles. The van der Waals surface area contributed by atoms with Crippen LogP contribution in [0.25, 0.3) is 16.7 Å². The maximum absolute atomic E-state index is 9.37. The molecule has 0 aliphatic heterocycles. The van der Waals surface area contributed by atoms with Crippen LogP contribution in [0.2, 0.25) is 5.02 Å². The highest BCUT2D eigenvalue weighted by Crippen LogP contribution is 2.32. The lowest BCUT2D eigenvalue weighted by Gasteiger charge is -2.12. The second-order valence-corrected chi connectivity index (χ2v) is 5.16. The van der Waals surface area contributed by atoms with Crippen molar-refractivity contribution in [3.63, 3.8) is 0 Å². The van der Waals surface area contributed by atoms with E-state index in [0.717, 1.165) is 11.0 Å². The van der Waals surface area contributed by atoms with Gasteiger partial charge in [0.25, 0.3) is 0 Å². The first kappa shape index (κ1) is 13.7. The van der Waals surface area contributed by atoms with Crippen LogP contribution in [0.15, 0.2) is 36.4 Å². The zero-order chi connectivity index (χ0) is 15.0. The molecule has 6 heteroatoms. The van der Waals surface area contributed by atoms with Crippen molar-refractivity contribution in [3.05, 3.63) is 51.8 Å². The fourth-order valence-electron chi connectivity index (χ4n) is 2.32. The number of para-hydroxylation sites is 2. The number of hydrogen-bond donors (Lipinski definition) is 1. The lowest BCUT2D eigenvalue weighted by atomic mass is 10.1.